The van der Waals surface area contributed by atoms with Crippen LogP contribution in [0.15, 0.2) is 0 Å². The van der Waals surface area contributed by atoms with E-state index in [1.54, 1.807) is 0 Å². The van der Waals surface area contributed by atoms with E-state index in [1.807, 2.05) is 0 Å². The smallest absolute Gasteiger partial charge is 0.303 e. The Morgan fingerprint density at radius 2 is 0.737 bits per heavy atom. The Labute approximate surface area is 127 Å². The average molecular weight is 317 g/mol. The Bertz CT molecular complexity index is 201. The van der Waals surface area contributed by atoms with Gasteiger partial charge < -0.3 is 10.2 Å². The standard InChI is InChI=1S/C13H24O4.2ClH/c14-12(15)10-8-6-4-2-1-3-5-7-9-11-13(16)17;;/h1-11H2,(H,14,15)(H,16,17);2*1H. The summed E-state index contributed by atoms with van der Waals surface area (Å²) in [6.45, 7) is 0. The number of aliphatic carboxylic acids is 2. The summed E-state index contributed by atoms with van der Waals surface area (Å²) in [6, 6.07) is 0. The van der Waals surface area contributed by atoms with Gasteiger partial charge in [0.1, 0.15) is 0 Å². The van der Waals surface area contributed by atoms with Gasteiger partial charge >= 0.3 is 11.9 Å². The first-order valence-electron chi connectivity index (χ1n) is 6.56. The number of rotatable bonds is 12. The lowest BCUT2D eigenvalue weighted by Gasteiger charge is -2.01. The summed E-state index contributed by atoms with van der Waals surface area (Å²) in [5.74, 6) is -1.41. The molecule has 2 N–H and O–H groups in total. The molecule has 0 spiro atoms. The van der Waals surface area contributed by atoms with Crippen LogP contribution in [0.3, 0.4) is 0 Å². The third-order valence-electron chi connectivity index (χ3n) is 2.78. The highest BCUT2D eigenvalue weighted by atomic mass is 35.5. The second kappa shape index (κ2) is 17.5. The predicted octanol–water partition coefficient (Wildman–Crippen LogP) is 4.29. The molecule has 4 nitrogen and oxygen atoms in total. The van der Waals surface area contributed by atoms with E-state index in [9.17, 15) is 9.59 Å². The number of carbonyl (C=O) groups is 2. The second-order valence-corrected chi connectivity index (χ2v) is 4.47. The summed E-state index contributed by atoms with van der Waals surface area (Å²) in [7, 11) is 0. The maximum absolute atomic E-state index is 10.2. The number of carboxylic acid groups (broad SMARTS) is 2. The van der Waals surface area contributed by atoms with Gasteiger partial charge in [-0.3, -0.25) is 9.59 Å². The molecule has 0 amide bonds. The van der Waals surface area contributed by atoms with Crippen LogP contribution in [0.25, 0.3) is 0 Å². The molecule has 0 aliphatic carbocycles. The van der Waals surface area contributed by atoms with Gasteiger partial charge in [0.05, 0.1) is 0 Å². The summed E-state index contributed by atoms with van der Waals surface area (Å²) >= 11 is 0. The van der Waals surface area contributed by atoms with Crippen LogP contribution in [0.1, 0.15) is 70.6 Å². The molecule has 0 aromatic rings. The van der Waals surface area contributed by atoms with Crippen LogP contribution in [-0.4, -0.2) is 22.2 Å². The van der Waals surface area contributed by atoms with Crippen LogP contribution >= 0.6 is 24.8 Å². The second-order valence-electron chi connectivity index (χ2n) is 4.47. The maximum Gasteiger partial charge on any atom is 0.303 e. The molecule has 0 aromatic heterocycles. The van der Waals surface area contributed by atoms with Crippen LogP contribution in [0, 0.1) is 0 Å². The van der Waals surface area contributed by atoms with Gasteiger partial charge in [-0.25, -0.2) is 0 Å². The lowest BCUT2D eigenvalue weighted by Crippen LogP contribution is -1.94. The van der Waals surface area contributed by atoms with Crippen LogP contribution in [-0.2, 0) is 9.59 Å². The van der Waals surface area contributed by atoms with Crippen LogP contribution in [0.5, 0.6) is 0 Å². The normalized spacial score (nSPS) is 9.26. The molecule has 116 valence electrons. The fourth-order valence-electron chi connectivity index (χ4n) is 1.79. The molecule has 0 saturated carbocycles. The zero-order valence-corrected chi connectivity index (χ0v) is 12.9. The average Bonchev–Trinajstić information content (AvgIpc) is 2.25. The predicted molar refractivity (Wildman–Crippen MR) is 80.6 cm³/mol. The van der Waals surface area contributed by atoms with Gasteiger partial charge in [-0.15, -0.1) is 24.8 Å². The van der Waals surface area contributed by atoms with E-state index in [0.29, 0.717) is 0 Å². The van der Waals surface area contributed by atoms with Gasteiger partial charge in [0.2, 0.25) is 0 Å². The van der Waals surface area contributed by atoms with Crippen molar-refractivity contribution in [3.05, 3.63) is 0 Å². The summed E-state index contributed by atoms with van der Waals surface area (Å²) in [4.78, 5) is 20.5. The molecule has 0 unspecified atom stereocenters. The van der Waals surface area contributed by atoms with E-state index in [4.69, 9.17) is 10.2 Å². The van der Waals surface area contributed by atoms with E-state index >= 15 is 0 Å². The summed E-state index contributed by atoms with van der Waals surface area (Å²) < 4.78 is 0. The number of hydrogen-bond acceptors (Lipinski definition) is 2. The number of hydrogen-bond donors (Lipinski definition) is 2. The first kappa shape index (κ1) is 23.6. The van der Waals surface area contributed by atoms with Crippen LogP contribution in [0.4, 0.5) is 0 Å². The van der Waals surface area contributed by atoms with Gasteiger partial charge in [-0.05, 0) is 12.8 Å². The fraction of sp³-hybridized carbons (Fsp3) is 0.846. The molecular formula is C13H26Cl2O4. The van der Waals surface area contributed by atoms with E-state index in [-0.39, 0.29) is 37.7 Å². The largest absolute Gasteiger partial charge is 0.481 e. The van der Waals surface area contributed by atoms with Crippen LogP contribution in [0.2, 0.25) is 0 Å². The Morgan fingerprint density at radius 3 is 0.947 bits per heavy atom. The van der Waals surface area contributed by atoms with Crippen molar-refractivity contribution in [1.29, 1.82) is 0 Å². The molecule has 0 bridgehead atoms. The minimum Gasteiger partial charge on any atom is -0.481 e. The topological polar surface area (TPSA) is 74.6 Å². The minimum absolute atomic E-state index is 0. The van der Waals surface area contributed by atoms with Crippen molar-refractivity contribution < 1.29 is 19.8 Å². The Hall–Kier alpha value is -0.480. The lowest BCUT2D eigenvalue weighted by atomic mass is 10.1. The quantitative estimate of drug-likeness (QED) is 0.527. The van der Waals surface area contributed by atoms with Gasteiger partial charge in [0.25, 0.3) is 0 Å². The molecule has 0 rings (SSSR count). The van der Waals surface area contributed by atoms with Crippen molar-refractivity contribution in [1.82, 2.24) is 0 Å². The number of halogens is 2. The molecule has 0 fully saturated rings. The maximum atomic E-state index is 10.2. The summed E-state index contributed by atoms with van der Waals surface area (Å²) in [5.41, 5.74) is 0. The van der Waals surface area contributed by atoms with Gasteiger partial charge in [-0.2, -0.15) is 0 Å². The highest BCUT2D eigenvalue weighted by molar-refractivity contribution is 5.85. The highest BCUT2D eigenvalue weighted by Gasteiger charge is 1.98. The van der Waals surface area contributed by atoms with Crippen molar-refractivity contribution in [2.45, 2.75) is 70.6 Å². The Kier molecular flexibility index (Phi) is 21.8. The molecule has 19 heavy (non-hydrogen) atoms. The molecule has 0 aliphatic heterocycles. The summed E-state index contributed by atoms with van der Waals surface area (Å²) in [5, 5.41) is 16.9. The molecule has 0 saturated heterocycles. The SMILES string of the molecule is Cl.Cl.O=C(O)CCCCCCCCCCCC(=O)O. The number of carboxylic acids is 2. The monoisotopic (exact) mass is 316 g/mol. The van der Waals surface area contributed by atoms with E-state index in [1.165, 1.54) is 19.3 Å². The van der Waals surface area contributed by atoms with E-state index in [0.717, 1.165) is 38.5 Å². The number of unbranched alkanes of at least 4 members (excludes halogenated alkanes) is 8. The van der Waals surface area contributed by atoms with Gasteiger partial charge in [0.15, 0.2) is 0 Å². The van der Waals surface area contributed by atoms with Gasteiger partial charge in [-0.1, -0.05) is 44.9 Å². The van der Waals surface area contributed by atoms with E-state index in [2.05, 4.69) is 0 Å². The Balaban J connectivity index is -0.00000128. The third-order valence-corrected chi connectivity index (χ3v) is 2.78. The zero-order valence-electron chi connectivity index (χ0n) is 11.3. The zero-order chi connectivity index (χ0) is 12.9. The molecular weight excluding hydrogens is 291 g/mol. The molecule has 0 aliphatic rings. The summed E-state index contributed by atoms with van der Waals surface area (Å²) in [6.07, 6.45) is 9.89. The van der Waals surface area contributed by atoms with Crippen molar-refractivity contribution in [3.63, 3.8) is 0 Å². The molecule has 0 radical (unpaired) electrons. The van der Waals surface area contributed by atoms with Crippen molar-refractivity contribution in [2.75, 3.05) is 0 Å². The minimum atomic E-state index is -0.705. The first-order chi connectivity index (χ1) is 8.13. The van der Waals surface area contributed by atoms with Crippen molar-refractivity contribution >= 4 is 36.8 Å². The molecule has 6 heteroatoms. The lowest BCUT2D eigenvalue weighted by molar-refractivity contribution is -0.138. The van der Waals surface area contributed by atoms with Crippen molar-refractivity contribution in [2.24, 2.45) is 0 Å². The molecule has 0 heterocycles. The highest BCUT2D eigenvalue weighted by Crippen LogP contribution is 2.11. The van der Waals surface area contributed by atoms with E-state index < -0.39 is 11.9 Å². The molecule has 0 atom stereocenters. The van der Waals surface area contributed by atoms with Crippen molar-refractivity contribution in [3.8, 4) is 0 Å². The third kappa shape index (κ3) is 23.1. The van der Waals surface area contributed by atoms with Gasteiger partial charge in [0, 0.05) is 12.8 Å². The van der Waals surface area contributed by atoms with Crippen LogP contribution < -0.4 is 0 Å². The molecule has 0 aromatic carbocycles. The Morgan fingerprint density at radius 1 is 0.526 bits per heavy atom. The fourth-order valence-corrected chi connectivity index (χ4v) is 1.79. The first-order valence-corrected chi connectivity index (χ1v) is 6.56.